The number of hydrogen-bond donors (Lipinski definition) is 1. The Morgan fingerprint density at radius 1 is 1.23 bits per heavy atom. The largest absolute Gasteiger partial charge is 0.383 e. The van der Waals surface area contributed by atoms with Crippen molar-refractivity contribution in [3.05, 3.63) is 53.3 Å². The SMILES string of the molecule is COCCNC(=O)CN(C)C(=O)c1cc2n(n1)CCCN(Cc1ccccc1)C2=O. The molecule has 1 N–H and O–H groups in total. The lowest BCUT2D eigenvalue weighted by molar-refractivity contribution is -0.121. The number of nitrogens with zero attached hydrogens (tertiary/aromatic N) is 4. The predicted molar refractivity (Wildman–Crippen MR) is 110 cm³/mol. The van der Waals surface area contributed by atoms with Crippen molar-refractivity contribution in [2.45, 2.75) is 19.5 Å². The maximum absolute atomic E-state index is 13.0. The molecule has 160 valence electrons. The topological polar surface area (TPSA) is 96.8 Å². The fourth-order valence-corrected chi connectivity index (χ4v) is 3.32. The zero-order chi connectivity index (χ0) is 21.5. The van der Waals surface area contributed by atoms with Crippen LogP contribution in [0.4, 0.5) is 0 Å². The minimum atomic E-state index is -0.403. The average Bonchev–Trinajstić information content (AvgIpc) is 3.11. The lowest BCUT2D eigenvalue weighted by Crippen LogP contribution is -2.39. The van der Waals surface area contributed by atoms with Gasteiger partial charge in [0.25, 0.3) is 11.8 Å². The van der Waals surface area contributed by atoms with Crippen LogP contribution in [0.25, 0.3) is 0 Å². The Kier molecular flexibility index (Phi) is 7.18. The number of methoxy groups -OCH3 is 1. The highest BCUT2D eigenvalue weighted by molar-refractivity contribution is 5.99. The van der Waals surface area contributed by atoms with Crippen LogP contribution >= 0.6 is 0 Å². The summed E-state index contributed by atoms with van der Waals surface area (Å²) in [6.07, 6.45) is 0.749. The minimum absolute atomic E-state index is 0.0984. The van der Waals surface area contributed by atoms with Gasteiger partial charge in [0.2, 0.25) is 5.91 Å². The Morgan fingerprint density at radius 3 is 2.73 bits per heavy atom. The van der Waals surface area contributed by atoms with Gasteiger partial charge in [-0.3, -0.25) is 19.1 Å². The number of aryl methyl sites for hydroxylation is 1. The first-order chi connectivity index (χ1) is 14.5. The van der Waals surface area contributed by atoms with Gasteiger partial charge < -0.3 is 19.9 Å². The Labute approximate surface area is 175 Å². The molecule has 30 heavy (non-hydrogen) atoms. The maximum atomic E-state index is 13.0. The second kappa shape index (κ2) is 10.0. The van der Waals surface area contributed by atoms with Gasteiger partial charge in [-0.1, -0.05) is 30.3 Å². The first-order valence-corrected chi connectivity index (χ1v) is 9.91. The first kappa shape index (κ1) is 21.5. The summed E-state index contributed by atoms with van der Waals surface area (Å²) in [5.74, 6) is -0.837. The Hall–Kier alpha value is -3.20. The van der Waals surface area contributed by atoms with Gasteiger partial charge in [-0.25, -0.2) is 0 Å². The van der Waals surface area contributed by atoms with Crippen LogP contribution in [0.3, 0.4) is 0 Å². The Balaban J connectivity index is 1.67. The van der Waals surface area contributed by atoms with E-state index in [4.69, 9.17) is 4.74 Å². The third-order valence-electron chi connectivity index (χ3n) is 4.88. The molecule has 1 aliphatic heterocycles. The van der Waals surface area contributed by atoms with Crippen LogP contribution < -0.4 is 5.32 Å². The molecule has 9 nitrogen and oxygen atoms in total. The molecule has 3 rings (SSSR count). The van der Waals surface area contributed by atoms with E-state index >= 15 is 0 Å². The molecule has 1 aromatic heterocycles. The van der Waals surface area contributed by atoms with Crippen molar-refractivity contribution in [3.8, 4) is 0 Å². The summed E-state index contributed by atoms with van der Waals surface area (Å²) < 4.78 is 6.47. The Bertz CT molecular complexity index is 896. The van der Waals surface area contributed by atoms with Crippen molar-refractivity contribution in [2.24, 2.45) is 0 Å². The molecule has 0 unspecified atom stereocenters. The number of aromatic nitrogens is 2. The van der Waals surface area contributed by atoms with Crippen molar-refractivity contribution < 1.29 is 19.1 Å². The number of likely N-dealkylation sites (N-methyl/N-ethyl adjacent to an activating group) is 1. The van der Waals surface area contributed by atoms with Gasteiger partial charge in [-0.2, -0.15) is 5.10 Å². The van der Waals surface area contributed by atoms with Crippen molar-refractivity contribution in [2.75, 3.05) is 40.4 Å². The molecular formula is C21H27N5O4. The summed E-state index contributed by atoms with van der Waals surface area (Å²) in [5, 5.41) is 7.00. The van der Waals surface area contributed by atoms with Crippen molar-refractivity contribution in [1.82, 2.24) is 24.9 Å². The van der Waals surface area contributed by atoms with Crippen LogP contribution in [-0.2, 0) is 22.6 Å². The molecule has 0 bridgehead atoms. The first-order valence-electron chi connectivity index (χ1n) is 9.91. The number of rotatable bonds is 8. The second-order valence-electron chi connectivity index (χ2n) is 7.21. The molecular weight excluding hydrogens is 386 g/mol. The van der Waals surface area contributed by atoms with Crippen LogP contribution in [0, 0.1) is 0 Å². The third kappa shape index (κ3) is 5.24. The van der Waals surface area contributed by atoms with Crippen LogP contribution in [0.15, 0.2) is 36.4 Å². The lowest BCUT2D eigenvalue weighted by Gasteiger charge is -2.20. The molecule has 0 saturated heterocycles. The fraction of sp³-hybridized carbons (Fsp3) is 0.429. The quantitative estimate of drug-likeness (QED) is 0.645. The van der Waals surface area contributed by atoms with Crippen LogP contribution in [0.2, 0.25) is 0 Å². The monoisotopic (exact) mass is 413 g/mol. The summed E-state index contributed by atoms with van der Waals surface area (Å²) in [7, 11) is 3.08. The van der Waals surface area contributed by atoms with Gasteiger partial charge in [0.05, 0.1) is 13.2 Å². The van der Waals surface area contributed by atoms with E-state index in [1.54, 1.807) is 16.7 Å². The van der Waals surface area contributed by atoms with Crippen LogP contribution in [0.1, 0.15) is 33.0 Å². The van der Waals surface area contributed by atoms with E-state index in [1.807, 2.05) is 30.3 Å². The van der Waals surface area contributed by atoms with E-state index in [-0.39, 0.29) is 24.1 Å². The minimum Gasteiger partial charge on any atom is -0.383 e. The third-order valence-corrected chi connectivity index (χ3v) is 4.88. The van der Waals surface area contributed by atoms with Gasteiger partial charge in [0.15, 0.2) is 5.69 Å². The van der Waals surface area contributed by atoms with Gasteiger partial charge in [-0.05, 0) is 12.0 Å². The normalized spacial score (nSPS) is 13.5. The molecule has 0 fully saturated rings. The highest BCUT2D eigenvalue weighted by atomic mass is 16.5. The second-order valence-corrected chi connectivity index (χ2v) is 7.21. The molecule has 2 aromatic rings. The van der Waals surface area contributed by atoms with Crippen molar-refractivity contribution in [1.29, 1.82) is 0 Å². The zero-order valence-electron chi connectivity index (χ0n) is 17.3. The highest BCUT2D eigenvalue weighted by Gasteiger charge is 2.27. The maximum Gasteiger partial charge on any atom is 0.274 e. The summed E-state index contributed by atoms with van der Waals surface area (Å²) in [6, 6.07) is 11.3. The van der Waals surface area contributed by atoms with E-state index in [0.717, 1.165) is 12.0 Å². The molecule has 9 heteroatoms. The molecule has 0 saturated carbocycles. The number of carbonyl (C=O) groups excluding carboxylic acids is 3. The van der Waals surface area contributed by atoms with Gasteiger partial charge in [0.1, 0.15) is 5.69 Å². The van der Waals surface area contributed by atoms with E-state index in [9.17, 15) is 14.4 Å². The van der Waals surface area contributed by atoms with E-state index < -0.39 is 5.91 Å². The highest BCUT2D eigenvalue weighted by Crippen LogP contribution is 2.17. The lowest BCUT2D eigenvalue weighted by atomic mass is 10.2. The number of benzene rings is 1. The standard InChI is InChI=1S/C21H27N5O4/c1-24(15-19(27)22-9-12-30-2)20(28)17-13-18-21(29)25(10-6-11-26(18)23-17)14-16-7-4-3-5-8-16/h3-5,7-8,13H,6,9-12,14-15H2,1-2H3,(H,22,27). The summed E-state index contributed by atoms with van der Waals surface area (Å²) in [4.78, 5) is 40.7. The average molecular weight is 413 g/mol. The number of hydrogen-bond acceptors (Lipinski definition) is 5. The predicted octanol–water partition coefficient (Wildman–Crippen LogP) is 0.764. The van der Waals surface area contributed by atoms with E-state index in [2.05, 4.69) is 10.4 Å². The van der Waals surface area contributed by atoms with Crippen molar-refractivity contribution >= 4 is 17.7 Å². The molecule has 0 aliphatic carbocycles. The number of ether oxygens (including phenoxy) is 1. The summed E-state index contributed by atoms with van der Waals surface area (Å²) in [5.41, 5.74) is 1.60. The molecule has 3 amide bonds. The summed E-state index contributed by atoms with van der Waals surface area (Å²) >= 11 is 0. The van der Waals surface area contributed by atoms with Crippen LogP contribution in [0.5, 0.6) is 0 Å². The summed E-state index contributed by atoms with van der Waals surface area (Å²) in [6.45, 7) is 2.37. The molecule has 0 radical (unpaired) electrons. The van der Waals surface area contributed by atoms with Gasteiger partial charge >= 0.3 is 0 Å². The molecule has 0 atom stereocenters. The van der Waals surface area contributed by atoms with E-state index in [1.165, 1.54) is 18.0 Å². The zero-order valence-corrected chi connectivity index (χ0v) is 17.3. The molecule has 1 aliphatic rings. The van der Waals surface area contributed by atoms with Gasteiger partial charge in [-0.15, -0.1) is 0 Å². The number of amides is 3. The van der Waals surface area contributed by atoms with Crippen LogP contribution in [-0.4, -0.2) is 77.7 Å². The van der Waals surface area contributed by atoms with E-state index in [0.29, 0.717) is 38.5 Å². The Morgan fingerprint density at radius 2 is 2.00 bits per heavy atom. The number of nitrogens with one attached hydrogen (secondary N) is 1. The van der Waals surface area contributed by atoms with Gasteiger partial charge in [0, 0.05) is 46.4 Å². The number of fused-ring (bicyclic) bond motifs is 1. The fourth-order valence-electron chi connectivity index (χ4n) is 3.32. The molecule has 1 aromatic carbocycles. The molecule has 2 heterocycles. The number of carbonyl (C=O) groups is 3. The molecule has 0 spiro atoms. The smallest absolute Gasteiger partial charge is 0.274 e. The van der Waals surface area contributed by atoms with Crippen molar-refractivity contribution in [3.63, 3.8) is 0 Å².